The minimum atomic E-state index is -0.403. The number of nitrogens with one attached hydrogen (secondary N) is 2. The van der Waals surface area contributed by atoms with Crippen LogP contribution in [0.4, 0.5) is 11.6 Å². The fourth-order valence-electron chi connectivity index (χ4n) is 1.24. The predicted molar refractivity (Wildman–Crippen MR) is 61.7 cm³/mol. The van der Waals surface area contributed by atoms with E-state index in [2.05, 4.69) is 20.5 Å². The van der Waals surface area contributed by atoms with E-state index in [0.29, 0.717) is 11.4 Å². The third-order valence-corrected chi connectivity index (χ3v) is 2.07. The minimum Gasteiger partial charge on any atom is -0.497 e. The molecule has 0 fully saturated rings. The fourth-order valence-corrected chi connectivity index (χ4v) is 1.24. The van der Waals surface area contributed by atoms with E-state index in [1.807, 2.05) is 0 Å². The molecule has 0 saturated carbocycles. The number of nitrogens with two attached hydrogens (primary N) is 1. The largest absolute Gasteiger partial charge is 0.497 e. The Morgan fingerprint density at radius 1 is 1.41 bits per heavy atom. The number of ether oxygens (including phenoxy) is 1. The lowest BCUT2D eigenvalue weighted by Gasteiger charge is -2.04. The maximum Gasteiger partial charge on any atom is 0.293 e. The van der Waals surface area contributed by atoms with Crippen LogP contribution in [-0.2, 0) is 0 Å². The molecule has 0 saturated heterocycles. The van der Waals surface area contributed by atoms with E-state index < -0.39 is 5.91 Å². The Labute approximate surface area is 97.0 Å². The molecule has 17 heavy (non-hydrogen) atoms. The maximum atomic E-state index is 11.7. The predicted octanol–water partition coefficient (Wildman–Crippen LogP) is 0.648. The highest BCUT2D eigenvalue weighted by molar-refractivity contribution is 6.01. The Bertz CT molecular complexity index is 520. The molecule has 7 nitrogen and oxygen atoms in total. The molecule has 88 valence electrons. The van der Waals surface area contributed by atoms with E-state index >= 15 is 0 Å². The second-order valence-electron chi connectivity index (χ2n) is 3.22. The van der Waals surface area contributed by atoms with E-state index in [1.165, 1.54) is 0 Å². The van der Waals surface area contributed by atoms with Crippen LogP contribution in [0.3, 0.4) is 0 Å². The summed E-state index contributed by atoms with van der Waals surface area (Å²) in [6, 6.07) is 6.92. The zero-order chi connectivity index (χ0) is 12.3. The Morgan fingerprint density at radius 2 is 2.12 bits per heavy atom. The zero-order valence-corrected chi connectivity index (χ0v) is 9.10. The first-order valence-electron chi connectivity index (χ1n) is 4.82. The van der Waals surface area contributed by atoms with Crippen molar-refractivity contribution >= 4 is 17.5 Å². The van der Waals surface area contributed by atoms with Gasteiger partial charge in [0.1, 0.15) is 5.75 Å². The Kier molecular flexibility index (Phi) is 2.91. The number of nitrogen functional groups attached to an aromatic ring is 1. The average molecular weight is 233 g/mol. The van der Waals surface area contributed by atoms with Gasteiger partial charge in [0.15, 0.2) is 0 Å². The number of hydrogen-bond donors (Lipinski definition) is 3. The van der Waals surface area contributed by atoms with Gasteiger partial charge >= 0.3 is 0 Å². The van der Waals surface area contributed by atoms with Gasteiger partial charge in [-0.1, -0.05) is 0 Å². The number of nitrogens with zero attached hydrogens (tertiary/aromatic N) is 2. The summed E-state index contributed by atoms with van der Waals surface area (Å²) in [5.74, 6) is 0.412. The number of methoxy groups -OCH3 is 1. The van der Waals surface area contributed by atoms with Crippen LogP contribution in [0.1, 0.15) is 10.6 Å². The third kappa shape index (κ3) is 2.51. The molecule has 0 aliphatic carbocycles. The van der Waals surface area contributed by atoms with Crippen molar-refractivity contribution in [1.29, 1.82) is 0 Å². The number of benzene rings is 1. The van der Waals surface area contributed by atoms with Gasteiger partial charge < -0.3 is 15.8 Å². The number of carbonyl (C=O) groups excluding carboxylic acids is 1. The zero-order valence-electron chi connectivity index (χ0n) is 9.10. The summed E-state index contributed by atoms with van der Waals surface area (Å²) < 4.78 is 5.00. The van der Waals surface area contributed by atoms with Crippen molar-refractivity contribution in [3.8, 4) is 5.75 Å². The van der Waals surface area contributed by atoms with Gasteiger partial charge in [0, 0.05) is 5.69 Å². The number of carbonyl (C=O) groups is 1. The molecule has 1 aromatic heterocycles. The summed E-state index contributed by atoms with van der Waals surface area (Å²) in [5.41, 5.74) is 5.93. The van der Waals surface area contributed by atoms with E-state index in [0.717, 1.165) is 0 Å². The number of amides is 1. The third-order valence-electron chi connectivity index (χ3n) is 2.07. The number of hydrogen-bond acceptors (Lipinski definition) is 5. The number of H-pyrrole nitrogens is 1. The summed E-state index contributed by atoms with van der Waals surface area (Å²) in [5, 5.41) is 8.63. The highest BCUT2D eigenvalue weighted by Crippen LogP contribution is 2.15. The van der Waals surface area contributed by atoms with Gasteiger partial charge in [-0.3, -0.25) is 9.89 Å². The molecule has 0 atom stereocenters. The molecule has 0 radical (unpaired) electrons. The van der Waals surface area contributed by atoms with Gasteiger partial charge in [-0.25, -0.2) is 0 Å². The topological polar surface area (TPSA) is 106 Å². The molecular weight excluding hydrogens is 222 g/mol. The Hall–Kier alpha value is -2.57. The average Bonchev–Trinajstić information content (AvgIpc) is 2.77. The van der Waals surface area contributed by atoms with Crippen molar-refractivity contribution in [3.63, 3.8) is 0 Å². The van der Waals surface area contributed by atoms with Gasteiger partial charge in [-0.05, 0) is 24.3 Å². The SMILES string of the molecule is COc1ccc(NC(=O)c2nc(N)n[nH]2)cc1. The lowest BCUT2D eigenvalue weighted by Crippen LogP contribution is -2.13. The molecule has 4 N–H and O–H groups in total. The van der Waals surface area contributed by atoms with Crippen molar-refractivity contribution in [2.75, 3.05) is 18.2 Å². The maximum absolute atomic E-state index is 11.7. The van der Waals surface area contributed by atoms with Crippen molar-refractivity contribution in [3.05, 3.63) is 30.1 Å². The first-order valence-corrected chi connectivity index (χ1v) is 4.82. The van der Waals surface area contributed by atoms with Gasteiger partial charge in [0.2, 0.25) is 11.8 Å². The van der Waals surface area contributed by atoms with E-state index in [9.17, 15) is 4.79 Å². The van der Waals surface area contributed by atoms with Gasteiger partial charge in [0.25, 0.3) is 5.91 Å². The Morgan fingerprint density at radius 3 is 2.65 bits per heavy atom. The normalized spacial score (nSPS) is 9.94. The highest BCUT2D eigenvalue weighted by atomic mass is 16.5. The van der Waals surface area contributed by atoms with Gasteiger partial charge in [-0.15, -0.1) is 5.10 Å². The fraction of sp³-hybridized carbons (Fsp3) is 0.100. The molecule has 0 unspecified atom stereocenters. The van der Waals surface area contributed by atoms with Crippen LogP contribution in [0.2, 0.25) is 0 Å². The van der Waals surface area contributed by atoms with Crippen LogP contribution < -0.4 is 15.8 Å². The number of anilines is 2. The lowest BCUT2D eigenvalue weighted by molar-refractivity contribution is 0.101. The number of aromatic nitrogens is 3. The van der Waals surface area contributed by atoms with Crippen molar-refractivity contribution in [2.24, 2.45) is 0 Å². The molecule has 0 aliphatic heterocycles. The van der Waals surface area contributed by atoms with Crippen molar-refractivity contribution in [2.45, 2.75) is 0 Å². The van der Waals surface area contributed by atoms with Crippen molar-refractivity contribution < 1.29 is 9.53 Å². The molecular formula is C10H11N5O2. The summed E-state index contributed by atoms with van der Waals surface area (Å²) in [6.07, 6.45) is 0. The van der Waals surface area contributed by atoms with E-state index in [-0.39, 0.29) is 11.8 Å². The van der Waals surface area contributed by atoms with Gasteiger partial charge in [0.05, 0.1) is 7.11 Å². The van der Waals surface area contributed by atoms with Crippen LogP contribution in [0.15, 0.2) is 24.3 Å². The first kappa shape index (κ1) is 10.9. The standard InChI is InChI=1S/C10H11N5O2/c1-17-7-4-2-6(3-5-7)12-9(16)8-13-10(11)15-14-8/h2-5H,1H3,(H,12,16)(H3,11,13,14,15). The summed E-state index contributed by atoms with van der Waals surface area (Å²) in [7, 11) is 1.57. The van der Waals surface area contributed by atoms with Crippen molar-refractivity contribution in [1.82, 2.24) is 15.2 Å². The number of rotatable bonds is 3. The monoisotopic (exact) mass is 233 g/mol. The van der Waals surface area contributed by atoms with Crippen LogP contribution in [0, 0.1) is 0 Å². The smallest absolute Gasteiger partial charge is 0.293 e. The molecule has 0 spiro atoms. The minimum absolute atomic E-state index is 0.0323. The summed E-state index contributed by atoms with van der Waals surface area (Å²) >= 11 is 0. The van der Waals surface area contributed by atoms with Crippen LogP contribution in [-0.4, -0.2) is 28.2 Å². The van der Waals surface area contributed by atoms with Crippen LogP contribution >= 0.6 is 0 Å². The molecule has 2 rings (SSSR count). The number of aromatic amines is 1. The summed E-state index contributed by atoms with van der Waals surface area (Å²) in [6.45, 7) is 0. The molecule has 2 aromatic rings. The molecule has 1 aromatic carbocycles. The van der Waals surface area contributed by atoms with E-state index in [1.54, 1.807) is 31.4 Å². The quantitative estimate of drug-likeness (QED) is 0.721. The second kappa shape index (κ2) is 4.52. The molecule has 0 aliphatic rings. The highest BCUT2D eigenvalue weighted by Gasteiger charge is 2.10. The van der Waals surface area contributed by atoms with Gasteiger partial charge in [-0.2, -0.15) is 4.98 Å². The first-order chi connectivity index (χ1) is 8.19. The molecule has 1 heterocycles. The van der Waals surface area contributed by atoms with Crippen LogP contribution in [0.5, 0.6) is 5.75 Å². The summed E-state index contributed by atoms with van der Waals surface area (Å²) in [4.78, 5) is 15.4. The molecule has 1 amide bonds. The second-order valence-corrected chi connectivity index (χ2v) is 3.22. The van der Waals surface area contributed by atoms with Crippen LogP contribution in [0.25, 0.3) is 0 Å². The molecule has 7 heteroatoms. The van der Waals surface area contributed by atoms with E-state index in [4.69, 9.17) is 10.5 Å². The Balaban J connectivity index is 2.07. The molecule has 0 bridgehead atoms. The lowest BCUT2D eigenvalue weighted by atomic mass is 10.3.